The van der Waals surface area contributed by atoms with Crippen molar-refractivity contribution >= 4 is 17.8 Å². The van der Waals surface area contributed by atoms with E-state index in [1.165, 1.54) is 6.08 Å². The number of hydrogen-bond donors (Lipinski definition) is 0. The molecule has 0 atom stereocenters. The highest BCUT2D eigenvalue weighted by molar-refractivity contribution is 6.07. The maximum absolute atomic E-state index is 13.0. The molecule has 0 fully saturated rings. The monoisotopic (exact) mass is 494 g/mol. The van der Waals surface area contributed by atoms with Crippen LogP contribution in [0.5, 0.6) is 17.2 Å². The molecule has 0 spiro atoms. The van der Waals surface area contributed by atoms with E-state index in [1.54, 1.807) is 51.1 Å². The Morgan fingerprint density at radius 3 is 1.89 bits per heavy atom. The second kappa shape index (κ2) is 11.3. The minimum Gasteiger partial charge on any atom is -0.487 e. The van der Waals surface area contributed by atoms with Crippen molar-refractivity contribution in [3.8, 4) is 17.2 Å². The van der Waals surface area contributed by atoms with Crippen LogP contribution >= 0.6 is 0 Å². The molecule has 0 radical (unpaired) electrons. The van der Waals surface area contributed by atoms with Crippen molar-refractivity contribution in [2.24, 2.45) is 5.41 Å². The first-order valence-corrected chi connectivity index (χ1v) is 12.6. The van der Waals surface area contributed by atoms with Crippen LogP contribution in [-0.2, 0) is 11.2 Å². The van der Waals surface area contributed by atoms with Gasteiger partial charge in [-0.25, -0.2) is 0 Å². The van der Waals surface area contributed by atoms with Crippen LogP contribution in [0.25, 0.3) is 6.08 Å². The summed E-state index contributed by atoms with van der Waals surface area (Å²) in [6.07, 6.45) is 5.13. The van der Waals surface area contributed by atoms with E-state index in [9.17, 15) is 9.59 Å². The smallest absolute Gasteiger partial charge is 0.316 e. The highest BCUT2D eigenvalue weighted by Crippen LogP contribution is 2.38. The van der Waals surface area contributed by atoms with E-state index in [0.29, 0.717) is 17.1 Å². The molecule has 0 aliphatic rings. The number of ketones is 1. The summed E-state index contributed by atoms with van der Waals surface area (Å²) in [5, 5.41) is 0. The van der Waals surface area contributed by atoms with Crippen molar-refractivity contribution in [2.45, 2.75) is 93.3 Å². The van der Waals surface area contributed by atoms with Gasteiger partial charge >= 0.3 is 5.97 Å². The number of rotatable bonds is 8. The number of carbonyl (C=O) groups excluding carboxylic acids is 2. The molecule has 36 heavy (non-hydrogen) atoms. The zero-order valence-corrected chi connectivity index (χ0v) is 23.6. The molecule has 2 aromatic carbocycles. The van der Waals surface area contributed by atoms with E-state index >= 15 is 0 Å². The number of aryl methyl sites for hydroxylation is 1. The quantitative estimate of drug-likeness (QED) is 0.162. The normalized spacial score (nSPS) is 12.5. The Morgan fingerprint density at radius 2 is 1.39 bits per heavy atom. The van der Waals surface area contributed by atoms with Gasteiger partial charge in [0.05, 0.1) is 11.0 Å². The maximum atomic E-state index is 13.0. The van der Waals surface area contributed by atoms with Gasteiger partial charge in [-0.3, -0.25) is 9.59 Å². The fourth-order valence-electron chi connectivity index (χ4n) is 3.30. The first-order valence-electron chi connectivity index (χ1n) is 12.6. The third-order valence-electron chi connectivity index (χ3n) is 4.94. The van der Waals surface area contributed by atoms with E-state index < -0.39 is 16.6 Å². The van der Waals surface area contributed by atoms with E-state index in [-0.39, 0.29) is 11.8 Å². The second-order valence-electron chi connectivity index (χ2n) is 12.0. The van der Waals surface area contributed by atoms with Gasteiger partial charge in [0.2, 0.25) is 0 Å². The molecule has 5 heteroatoms. The summed E-state index contributed by atoms with van der Waals surface area (Å²) >= 11 is 0. The number of benzene rings is 2. The zero-order chi connectivity index (χ0) is 27.3. The molecule has 0 saturated heterocycles. The van der Waals surface area contributed by atoms with Gasteiger partial charge in [-0.15, -0.1) is 0 Å². The molecular weight excluding hydrogens is 452 g/mol. The molecule has 0 heterocycles. The summed E-state index contributed by atoms with van der Waals surface area (Å²) in [5.41, 5.74) is 0.862. The number of allylic oxidation sites excluding steroid dienone is 1. The van der Waals surface area contributed by atoms with E-state index in [0.717, 1.165) is 29.7 Å². The van der Waals surface area contributed by atoms with Crippen LogP contribution in [0.3, 0.4) is 0 Å². The summed E-state index contributed by atoms with van der Waals surface area (Å²) in [7, 11) is 0. The molecule has 2 aromatic rings. The van der Waals surface area contributed by atoms with E-state index in [2.05, 4.69) is 6.92 Å². The lowest BCUT2D eigenvalue weighted by molar-refractivity contribution is -0.143. The lowest BCUT2D eigenvalue weighted by Crippen LogP contribution is -2.26. The van der Waals surface area contributed by atoms with E-state index in [4.69, 9.17) is 14.2 Å². The van der Waals surface area contributed by atoms with Crippen molar-refractivity contribution < 1.29 is 23.8 Å². The first kappa shape index (κ1) is 29.2. The Morgan fingerprint density at radius 1 is 0.806 bits per heavy atom. The van der Waals surface area contributed by atoms with Gasteiger partial charge in [-0.1, -0.05) is 19.4 Å². The first-order chi connectivity index (χ1) is 16.5. The van der Waals surface area contributed by atoms with Gasteiger partial charge in [0.25, 0.3) is 0 Å². The van der Waals surface area contributed by atoms with Gasteiger partial charge in [0.1, 0.15) is 28.5 Å². The van der Waals surface area contributed by atoms with Crippen molar-refractivity contribution in [3.63, 3.8) is 0 Å². The highest BCUT2D eigenvalue weighted by atomic mass is 16.5. The topological polar surface area (TPSA) is 61.8 Å². The molecule has 0 unspecified atom stereocenters. The van der Waals surface area contributed by atoms with Crippen LogP contribution in [0.1, 0.15) is 97.1 Å². The number of ether oxygens (including phenoxy) is 3. The standard InChI is InChI=1S/C31H42O5/c1-11-12-22-15-20-26(35-30(5,6)7)24(27(22)36-31(8,9)10)18-19-25(32)21-13-16-23(17-14-21)34-28(33)29(2,3)4/h13-20H,11-12H2,1-10H3/b19-18+. The summed E-state index contributed by atoms with van der Waals surface area (Å²) in [6.45, 7) is 19.5. The molecular formula is C31H42O5. The van der Waals surface area contributed by atoms with Crippen LogP contribution in [0, 0.1) is 5.41 Å². The fourth-order valence-corrected chi connectivity index (χ4v) is 3.30. The fraction of sp³-hybridized carbons (Fsp3) is 0.484. The number of esters is 1. The third-order valence-corrected chi connectivity index (χ3v) is 4.94. The third kappa shape index (κ3) is 8.85. The van der Waals surface area contributed by atoms with Crippen molar-refractivity contribution in [2.75, 3.05) is 0 Å². The summed E-state index contributed by atoms with van der Waals surface area (Å²) in [4.78, 5) is 25.2. The van der Waals surface area contributed by atoms with Gasteiger partial charge in [-0.05, 0) is 117 Å². The Hall–Kier alpha value is -3.08. The van der Waals surface area contributed by atoms with Crippen LogP contribution in [0.2, 0.25) is 0 Å². The van der Waals surface area contributed by atoms with Gasteiger partial charge in [-0.2, -0.15) is 0 Å². The second-order valence-corrected chi connectivity index (χ2v) is 12.0. The molecule has 0 aliphatic carbocycles. The van der Waals surface area contributed by atoms with Crippen molar-refractivity contribution in [3.05, 3.63) is 59.2 Å². The molecule has 0 amide bonds. The molecule has 0 bridgehead atoms. The largest absolute Gasteiger partial charge is 0.487 e. The van der Waals surface area contributed by atoms with Gasteiger partial charge < -0.3 is 14.2 Å². The molecule has 196 valence electrons. The maximum Gasteiger partial charge on any atom is 0.316 e. The SMILES string of the molecule is CCCc1ccc(OC(C)(C)C)c(/C=C/C(=O)c2ccc(OC(=O)C(C)(C)C)cc2)c1OC(C)(C)C. The minimum absolute atomic E-state index is 0.173. The Labute approximate surface area is 216 Å². The van der Waals surface area contributed by atoms with Crippen molar-refractivity contribution in [1.29, 1.82) is 0 Å². The van der Waals surface area contributed by atoms with Crippen LogP contribution in [-0.4, -0.2) is 23.0 Å². The van der Waals surface area contributed by atoms with Crippen LogP contribution in [0.15, 0.2) is 42.5 Å². The predicted molar refractivity (Wildman–Crippen MR) is 146 cm³/mol. The average molecular weight is 495 g/mol. The van der Waals surface area contributed by atoms with Crippen LogP contribution < -0.4 is 14.2 Å². The van der Waals surface area contributed by atoms with Crippen LogP contribution in [0.4, 0.5) is 0 Å². The lowest BCUT2D eigenvalue weighted by atomic mass is 9.97. The number of hydrogen-bond acceptors (Lipinski definition) is 5. The van der Waals surface area contributed by atoms with Gasteiger partial charge in [0, 0.05) is 5.56 Å². The highest BCUT2D eigenvalue weighted by Gasteiger charge is 2.24. The Balaban J connectivity index is 2.43. The molecule has 0 saturated carbocycles. The lowest BCUT2D eigenvalue weighted by Gasteiger charge is -2.28. The summed E-state index contributed by atoms with van der Waals surface area (Å²) in [6, 6.07) is 10.6. The minimum atomic E-state index is -0.608. The average Bonchev–Trinajstić information content (AvgIpc) is 2.73. The number of carbonyl (C=O) groups is 2. The molecule has 5 nitrogen and oxygen atoms in total. The molecule has 0 N–H and O–H groups in total. The van der Waals surface area contributed by atoms with Crippen molar-refractivity contribution in [1.82, 2.24) is 0 Å². The van der Waals surface area contributed by atoms with E-state index in [1.807, 2.05) is 53.7 Å². The van der Waals surface area contributed by atoms with Gasteiger partial charge in [0.15, 0.2) is 5.78 Å². The molecule has 2 rings (SSSR count). The predicted octanol–water partition coefficient (Wildman–Crippen LogP) is 7.84. The Kier molecular flexibility index (Phi) is 9.17. The Bertz CT molecular complexity index is 1090. The summed E-state index contributed by atoms with van der Waals surface area (Å²) < 4.78 is 18.0. The molecule has 0 aromatic heterocycles. The molecule has 0 aliphatic heterocycles. The summed E-state index contributed by atoms with van der Waals surface area (Å²) in [5.74, 6) is 1.30. The zero-order valence-electron chi connectivity index (χ0n) is 23.6.